The van der Waals surface area contributed by atoms with Crippen LogP contribution in [0.4, 0.5) is 4.79 Å². The van der Waals surface area contributed by atoms with Gasteiger partial charge < -0.3 is 24.4 Å². The van der Waals surface area contributed by atoms with Crippen LogP contribution in [0.25, 0.3) is 0 Å². The van der Waals surface area contributed by atoms with Gasteiger partial charge >= 0.3 is 6.09 Å². The summed E-state index contributed by atoms with van der Waals surface area (Å²) < 4.78 is 17.2. The van der Waals surface area contributed by atoms with Crippen LogP contribution >= 0.6 is 0 Å². The highest BCUT2D eigenvalue weighted by atomic mass is 16.6. The standard InChI is InChI=1S/C24H44N2O4/c1-5-28-15-13-24(11-6-7-12-24)18-25-20-10-8-9-19(20)21-17-29-16-14-26(21)22(27)30-23(2,3)4/h19-21,25H,5-18H2,1-4H3. The molecule has 30 heavy (non-hydrogen) atoms. The Kier molecular flexibility index (Phi) is 8.45. The second kappa shape index (κ2) is 10.6. The van der Waals surface area contributed by atoms with Gasteiger partial charge in [0.25, 0.3) is 0 Å². The first-order valence-electron chi connectivity index (χ1n) is 12.2. The molecule has 0 radical (unpaired) electrons. The van der Waals surface area contributed by atoms with E-state index in [1.54, 1.807) is 0 Å². The van der Waals surface area contributed by atoms with Gasteiger partial charge in [-0.2, -0.15) is 0 Å². The van der Waals surface area contributed by atoms with Gasteiger partial charge in [0.2, 0.25) is 0 Å². The van der Waals surface area contributed by atoms with Gasteiger partial charge in [-0.15, -0.1) is 0 Å². The van der Waals surface area contributed by atoms with Gasteiger partial charge in [-0.25, -0.2) is 4.79 Å². The summed E-state index contributed by atoms with van der Waals surface area (Å²) in [7, 11) is 0. The Morgan fingerprint density at radius 3 is 2.67 bits per heavy atom. The van der Waals surface area contributed by atoms with Crippen LogP contribution in [0.15, 0.2) is 0 Å². The number of hydrogen-bond acceptors (Lipinski definition) is 5. The third-order valence-corrected chi connectivity index (χ3v) is 7.24. The number of rotatable bonds is 8. The van der Waals surface area contributed by atoms with Crippen LogP contribution in [0.5, 0.6) is 0 Å². The molecule has 2 saturated carbocycles. The summed E-state index contributed by atoms with van der Waals surface area (Å²) in [6.45, 7) is 12.5. The number of amides is 1. The fourth-order valence-electron chi connectivity index (χ4n) is 5.65. The molecule has 3 unspecified atom stereocenters. The molecular formula is C24H44N2O4. The Labute approximate surface area is 183 Å². The zero-order valence-electron chi connectivity index (χ0n) is 19.7. The van der Waals surface area contributed by atoms with E-state index >= 15 is 0 Å². The molecule has 1 aliphatic heterocycles. The lowest BCUT2D eigenvalue weighted by Crippen LogP contribution is -2.56. The molecule has 1 saturated heterocycles. The average molecular weight is 425 g/mol. The Morgan fingerprint density at radius 2 is 1.97 bits per heavy atom. The Hall–Kier alpha value is -0.850. The lowest BCUT2D eigenvalue weighted by atomic mass is 9.82. The fraction of sp³-hybridized carbons (Fsp3) is 0.958. The maximum atomic E-state index is 12.9. The molecule has 3 atom stereocenters. The fourth-order valence-corrected chi connectivity index (χ4v) is 5.65. The van der Waals surface area contributed by atoms with Crippen molar-refractivity contribution in [3.05, 3.63) is 0 Å². The zero-order valence-corrected chi connectivity index (χ0v) is 19.7. The van der Waals surface area contributed by atoms with E-state index in [9.17, 15) is 4.79 Å². The summed E-state index contributed by atoms with van der Waals surface area (Å²) in [5.74, 6) is 0.433. The molecule has 0 aromatic rings. The van der Waals surface area contributed by atoms with Crippen LogP contribution in [-0.4, -0.2) is 68.2 Å². The maximum Gasteiger partial charge on any atom is 0.410 e. The summed E-state index contributed by atoms with van der Waals surface area (Å²) in [5, 5.41) is 3.96. The second-order valence-electron chi connectivity index (χ2n) is 10.6. The van der Waals surface area contributed by atoms with E-state index in [-0.39, 0.29) is 12.1 Å². The molecule has 3 aliphatic rings. The number of carbonyl (C=O) groups is 1. The van der Waals surface area contributed by atoms with E-state index in [1.807, 2.05) is 25.7 Å². The lowest BCUT2D eigenvalue weighted by molar-refractivity contribution is -0.0491. The molecule has 0 spiro atoms. The van der Waals surface area contributed by atoms with E-state index in [0.717, 1.165) is 32.6 Å². The molecule has 6 nitrogen and oxygen atoms in total. The highest BCUT2D eigenvalue weighted by Crippen LogP contribution is 2.41. The lowest BCUT2D eigenvalue weighted by Gasteiger charge is -2.42. The monoisotopic (exact) mass is 424 g/mol. The molecule has 0 bridgehead atoms. The maximum absolute atomic E-state index is 12.9. The zero-order chi connectivity index (χ0) is 21.6. The highest BCUT2D eigenvalue weighted by molar-refractivity contribution is 5.68. The third-order valence-electron chi connectivity index (χ3n) is 7.24. The first-order valence-corrected chi connectivity index (χ1v) is 12.2. The van der Waals surface area contributed by atoms with E-state index in [0.29, 0.717) is 37.1 Å². The van der Waals surface area contributed by atoms with Gasteiger partial charge in [-0.05, 0) is 71.1 Å². The van der Waals surface area contributed by atoms with Crippen molar-refractivity contribution in [2.24, 2.45) is 11.3 Å². The second-order valence-corrected chi connectivity index (χ2v) is 10.6. The van der Waals surface area contributed by atoms with Crippen molar-refractivity contribution >= 4 is 6.09 Å². The van der Waals surface area contributed by atoms with Crippen molar-refractivity contribution < 1.29 is 19.0 Å². The van der Waals surface area contributed by atoms with E-state index in [2.05, 4.69) is 12.2 Å². The predicted molar refractivity (Wildman–Crippen MR) is 119 cm³/mol. The number of carbonyl (C=O) groups excluding carboxylic acids is 1. The molecule has 3 fully saturated rings. The van der Waals surface area contributed by atoms with Gasteiger partial charge in [0.15, 0.2) is 0 Å². The molecule has 3 rings (SSSR count). The number of ether oxygens (including phenoxy) is 3. The van der Waals surface area contributed by atoms with Crippen LogP contribution in [-0.2, 0) is 14.2 Å². The molecular weight excluding hydrogens is 380 g/mol. The first-order chi connectivity index (χ1) is 14.3. The summed E-state index contributed by atoms with van der Waals surface area (Å²) in [6, 6.07) is 0.558. The molecule has 1 heterocycles. The van der Waals surface area contributed by atoms with Crippen molar-refractivity contribution in [2.75, 3.05) is 39.5 Å². The Morgan fingerprint density at radius 1 is 1.20 bits per heavy atom. The molecule has 6 heteroatoms. The van der Waals surface area contributed by atoms with E-state index < -0.39 is 5.60 Å². The smallest absolute Gasteiger partial charge is 0.410 e. The van der Waals surface area contributed by atoms with Gasteiger partial charge in [-0.1, -0.05) is 19.3 Å². The van der Waals surface area contributed by atoms with E-state index in [4.69, 9.17) is 14.2 Å². The number of morpholine rings is 1. The molecule has 174 valence electrons. The van der Waals surface area contributed by atoms with E-state index in [1.165, 1.54) is 38.5 Å². The molecule has 1 amide bonds. The minimum atomic E-state index is -0.470. The molecule has 0 aromatic carbocycles. The molecule has 1 N–H and O–H groups in total. The van der Waals surface area contributed by atoms with Crippen LogP contribution in [0.3, 0.4) is 0 Å². The minimum Gasteiger partial charge on any atom is -0.444 e. The number of nitrogens with one attached hydrogen (secondary N) is 1. The Bertz CT molecular complexity index is 542. The van der Waals surface area contributed by atoms with Crippen LogP contribution < -0.4 is 5.32 Å². The highest BCUT2D eigenvalue weighted by Gasteiger charge is 2.42. The first kappa shape index (κ1) is 23.8. The normalized spacial score (nSPS) is 29.3. The Balaban J connectivity index is 1.61. The van der Waals surface area contributed by atoms with Crippen molar-refractivity contribution in [2.45, 2.75) is 96.7 Å². The molecule has 0 aromatic heterocycles. The van der Waals surface area contributed by atoms with Gasteiger partial charge in [0, 0.05) is 32.3 Å². The van der Waals surface area contributed by atoms with Crippen LogP contribution in [0, 0.1) is 11.3 Å². The SMILES string of the molecule is CCOCCC1(CNC2CCCC2C2COCCN2C(=O)OC(C)(C)C)CCCC1. The van der Waals surface area contributed by atoms with Crippen LogP contribution in [0.1, 0.15) is 79.1 Å². The predicted octanol–water partition coefficient (Wildman–Crippen LogP) is 4.37. The van der Waals surface area contributed by atoms with Gasteiger partial charge in [0.05, 0.1) is 19.3 Å². The van der Waals surface area contributed by atoms with Crippen molar-refractivity contribution in [3.8, 4) is 0 Å². The number of nitrogens with zero attached hydrogens (tertiary/aromatic N) is 1. The topological polar surface area (TPSA) is 60.0 Å². The van der Waals surface area contributed by atoms with Crippen molar-refractivity contribution in [1.82, 2.24) is 10.2 Å². The van der Waals surface area contributed by atoms with Crippen molar-refractivity contribution in [3.63, 3.8) is 0 Å². The summed E-state index contributed by atoms with van der Waals surface area (Å²) in [6.07, 6.45) is 9.80. The van der Waals surface area contributed by atoms with Gasteiger partial charge in [-0.3, -0.25) is 0 Å². The quantitative estimate of drug-likeness (QED) is 0.587. The summed E-state index contributed by atoms with van der Waals surface area (Å²) >= 11 is 0. The third kappa shape index (κ3) is 6.33. The van der Waals surface area contributed by atoms with Gasteiger partial charge in [0.1, 0.15) is 5.60 Å². The summed E-state index contributed by atoms with van der Waals surface area (Å²) in [5.41, 5.74) is -0.0844. The molecule has 2 aliphatic carbocycles. The largest absolute Gasteiger partial charge is 0.444 e. The summed E-state index contributed by atoms with van der Waals surface area (Å²) in [4.78, 5) is 14.8. The van der Waals surface area contributed by atoms with Crippen molar-refractivity contribution in [1.29, 1.82) is 0 Å². The number of hydrogen-bond donors (Lipinski definition) is 1. The van der Waals surface area contributed by atoms with Crippen LogP contribution in [0.2, 0.25) is 0 Å². The average Bonchev–Trinajstić information content (AvgIpc) is 3.35. The minimum absolute atomic E-state index is 0.108.